The van der Waals surface area contributed by atoms with Gasteiger partial charge in [0.2, 0.25) is 5.91 Å². The largest absolute Gasteiger partial charge is 0.412 e. The first-order valence-electron chi connectivity index (χ1n) is 11.1. The van der Waals surface area contributed by atoms with Crippen molar-refractivity contribution < 1.29 is 19.4 Å². The predicted molar refractivity (Wildman–Crippen MR) is 131 cm³/mol. The summed E-state index contributed by atoms with van der Waals surface area (Å²) in [5.41, 5.74) is 10.7. The third-order valence-corrected chi connectivity index (χ3v) is 5.39. The predicted octanol–water partition coefficient (Wildman–Crippen LogP) is 4.30. The molecule has 2 amide bonds. The highest BCUT2D eigenvalue weighted by Gasteiger charge is 2.34. The molecule has 0 aromatic heterocycles. The molecule has 0 heterocycles. The van der Waals surface area contributed by atoms with Crippen LogP contribution in [0.4, 0.5) is 4.79 Å². The maximum atomic E-state index is 13.0. The van der Waals surface area contributed by atoms with Gasteiger partial charge in [-0.25, -0.2) is 4.79 Å². The van der Waals surface area contributed by atoms with Crippen LogP contribution < -0.4 is 15.4 Å². The first-order chi connectivity index (χ1) is 17.0. The molecule has 0 saturated carbocycles. The van der Waals surface area contributed by atoms with Crippen molar-refractivity contribution in [1.29, 1.82) is 0 Å². The smallest absolute Gasteiger partial charge is 0.410 e. The van der Waals surface area contributed by atoms with Gasteiger partial charge in [-0.1, -0.05) is 84.0 Å². The first kappa shape index (κ1) is 25.3. The number of nitrogens with zero attached hydrogens (tertiary/aromatic N) is 3. The topological polar surface area (TPSA) is 136 Å². The Morgan fingerprint density at radius 3 is 2.11 bits per heavy atom. The molecule has 9 nitrogen and oxygen atoms in total. The van der Waals surface area contributed by atoms with Gasteiger partial charge in [0.1, 0.15) is 11.8 Å². The van der Waals surface area contributed by atoms with E-state index in [0.29, 0.717) is 5.75 Å². The Morgan fingerprint density at radius 2 is 1.51 bits per heavy atom. The van der Waals surface area contributed by atoms with Crippen molar-refractivity contribution in [1.82, 2.24) is 10.6 Å². The zero-order chi connectivity index (χ0) is 25.0. The number of para-hydroxylation sites is 1. The number of aliphatic hydroxyl groups is 1. The lowest BCUT2D eigenvalue weighted by Gasteiger charge is -2.28. The van der Waals surface area contributed by atoms with Crippen LogP contribution in [-0.2, 0) is 11.2 Å². The Morgan fingerprint density at radius 1 is 0.943 bits per heavy atom. The van der Waals surface area contributed by atoms with E-state index in [1.165, 1.54) is 0 Å². The molecular weight excluding hydrogens is 446 g/mol. The van der Waals surface area contributed by atoms with Crippen LogP contribution >= 0.6 is 0 Å². The van der Waals surface area contributed by atoms with E-state index in [0.717, 1.165) is 11.1 Å². The molecule has 0 spiro atoms. The molecule has 180 valence electrons. The second-order valence-electron chi connectivity index (χ2n) is 7.92. The number of azide groups is 1. The molecule has 9 heteroatoms. The Balaban J connectivity index is 1.79. The van der Waals surface area contributed by atoms with Gasteiger partial charge in [-0.3, -0.25) is 4.79 Å². The number of carbonyl (C=O) groups excluding carboxylic acids is 2. The average molecular weight is 474 g/mol. The van der Waals surface area contributed by atoms with Gasteiger partial charge in [0.05, 0.1) is 18.2 Å². The van der Waals surface area contributed by atoms with Gasteiger partial charge < -0.3 is 20.5 Å². The Hall–Kier alpha value is -4.33. The van der Waals surface area contributed by atoms with Gasteiger partial charge in [-0.05, 0) is 42.1 Å². The molecule has 0 aliphatic rings. The molecule has 0 bridgehead atoms. The number of aliphatic hydroxyl groups excluding tert-OH is 1. The van der Waals surface area contributed by atoms with Crippen molar-refractivity contribution >= 4 is 12.0 Å². The second kappa shape index (κ2) is 12.8. The normalized spacial score (nSPS) is 13.9. The van der Waals surface area contributed by atoms with Crippen LogP contribution in [-0.4, -0.2) is 35.3 Å². The molecule has 0 radical (unpaired) electrons. The maximum Gasteiger partial charge on any atom is 0.412 e. The van der Waals surface area contributed by atoms with Crippen molar-refractivity contribution in [2.75, 3.05) is 0 Å². The van der Waals surface area contributed by atoms with E-state index in [1.807, 2.05) is 60.7 Å². The monoisotopic (exact) mass is 473 g/mol. The quantitative estimate of drug-likeness (QED) is 0.230. The first-order valence-corrected chi connectivity index (χ1v) is 11.1. The lowest BCUT2D eigenvalue weighted by Crippen LogP contribution is -2.54. The molecule has 4 atom stereocenters. The highest BCUT2D eigenvalue weighted by molar-refractivity contribution is 5.83. The van der Waals surface area contributed by atoms with Gasteiger partial charge in [-0.15, -0.1) is 0 Å². The molecule has 0 saturated heterocycles. The molecule has 3 aromatic carbocycles. The lowest BCUT2D eigenvalue weighted by molar-refractivity contribution is -0.125. The van der Waals surface area contributed by atoms with Gasteiger partial charge in [0.15, 0.2) is 0 Å². The van der Waals surface area contributed by atoms with Crippen LogP contribution in [0.15, 0.2) is 96.1 Å². The fourth-order valence-electron chi connectivity index (χ4n) is 3.58. The number of carbonyl (C=O) groups is 2. The van der Waals surface area contributed by atoms with Crippen LogP contribution in [0, 0.1) is 0 Å². The zero-order valence-corrected chi connectivity index (χ0v) is 19.2. The van der Waals surface area contributed by atoms with Gasteiger partial charge in [0, 0.05) is 4.91 Å². The molecule has 3 aromatic rings. The highest BCUT2D eigenvalue weighted by atomic mass is 16.6. The summed E-state index contributed by atoms with van der Waals surface area (Å²) in [6.45, 7) is 1.78. The average Bonchev–Trinajstić information content (AvgIpc) is 2.88. The number of rotatable bonds is 10. The van der Waals surface area contributed by atoms with Crippen LogP contribution in [0.25, 0.3) is 10.4 Å². The van der Waals surface area contributed by atoms with E-state index in [9.17, 15) is 14.7 Å². The number of hydrogen-bond donors (Lipinski definition) is 3. The number of amides is 2. The van der Waals surface area contributed by atoms with E-state index in [4.69, 9.17) is 10.3 Å². The fourth-order valence-corrected chi connectivity index (χ4v) is 3.58. The van der Waals surface area contributed by atoms with Crippen molar-refractivity contribution in [3.05, 3.63) is 113 Å². The number of benzene rings is 3. The SMILES string of the molecule is C[C@H](NC(=O)[C@@H](N=[N+]=[N-])[C@@H](O)[C@H](Cc1ccccc1)NC(=O)Oc1ccccc1)c1ccccc1. The molecule has 35 heavy (non-hydrogen) atoms. The molecule has 0 fully saturated rings. The lowest BCUT2D eigenvalue weighted by atomic mass is 9.96. The van der Waals surface area contributed by atoms with Gasteiger partial charge in [0.25, 0.3) is 0 Å². The van der Waals surface area contributed by atoms with E-state index in [-0.39, 0.29) is 6.42 Å². The van der Waals surface area contributed by atoms with Crippen LogP contribution in [0.3, 0.4) is 0 Å². The minimum absolute atomic E-state index is 0.171. The summed E-state index contributed by atoms with van der Waals surface area (Å²) in [6, 6.07) is 24.0. The van der Waals surface area contributed by atoms with Crippen LogP contribution in [0.5, 0.6) is 5.75 Å². The van der Waals surface area contributed by atoms with E-state index in [2.05, 4.69) is 20.7 Å². The fraction of sp³-hybridized carbons (Fsp3) is 0.231. The summed E-state index contributed by atoms with van der Waals surface area (Å²) in [5.74, 6) is -0.345. The molecule has 3 N–H and O–H groups in total. The molecule has 3 rings (SSSR count). The molecule has 0 aliphatic carbocycles. The second-order valence-corrected chi connectivity index (χ2v) is 7.92. The summed E-state index contributed by atoms with van der Waals surface area (Å²) in [4.78, 5) is 28.3. The number of hydrogen-bond acceptors (Lipinski definition) is 5. The number of nitrogens with one attached hydrogen (secondary N) is 2. The van der Waals surface area contributed by atoms with E-state index in [1.54, 1.807) is 37.3 Å². The minimum atomic E-state index is -1.53. The molecule has 0 aliphatic heterocycles. The third-order valence-electron chi connectivity index (χ3n) is 5.39. The van der Waals surface area contributed by atoms with Crippen molar-refractivity contribution in [3.63, 3.8) is 0 Å². The Labute approximate surface area is 203 Å². The van der Waals surface area contributed by atoms with Gasteiger partial charge >= 0.3 is 6.09 Å². The zero-order valence-electron chi connectivity index (χ0n) is 19.2. The number of ether oxygens (including phenoxy) is 1. The summed E-state index contributed by atoms with van der Waals surface area (Å²) in [6.07, 6.45) is -2.17. The summed E-state index contributed by atoms with van der Waals surface area (Å²) in [5, 5.41) is 20.1. The molecule has 0 unspecified atom stereocenters. The maximum absolute atomic E-state index is 13.0. The third kappa shape index (κ3) is 7.60. The highest BCUT2D eigenvalue weighted by Crippen LogP contribution is 2.16. The van der Waals surface area contributed by atoms with E-state index < -0.39 is 36.2 Å². The summed E-state index contributed by atoms with van der Waals surface area (Å²) < 4.78 is 5.29. The van der Waals surface area contributed by atoms with Crippen LogP contribution in [0.2, 0.25) is 0 Å². The van der Waals surface area contributed by atoms with Gasteiger partial charge in [-0.2, -0.15) is 0 Å². The standard InChI is InChI=1S/C26H27N5O4/c1-18(20-13-7-3-8-14-20)28-25(33)23(30-31-27)24(32)22(17-19-11-5-2-6-12-19)29-26(34)35-21-15-9-4-10-16-21/h2-16,18,22-24,32H,17H2,1H3,(H,28,33)(H,29,34)/t18-,22-,23-,24-/m0/s1. The molecular formula is C26H27N5O4. The van der Waals surface area contributed by atoms with Crippen molar-refractivity contribution in [2.45, 2.75) is 37.6 Å². The Kier molecular flexibility index (Phi) is 9.24. The van der Waals surface area contributed by atoms with Crippen LogP contribution in [0.1, 0.15) is 24.1 Å². The summed E-state index contributed by atoms with van der Waals surface area (Å²) in [7, 11) is 0. The summed E-state index contributed by atoms with van der Waals surface area (Å²) >= 11 is 0. The van der Waals surface area contributed by atoms with E-state index >= 15 is 0 Å². The Bertz CT molecular complexity index is 1140. The minimum Gasteiger partial charge on any atom is -0.410 e. The van der Waals surface area contributed by atoms with Crippen molar-refractivity contribution in [2.24, 2.45) is 5.11 Å². The van der Waals surface area contributed by atoms with Crippen molar-refractivity contribution in [3.8, 4) is 5.75 Å².